The van der Waals surface area contributed by atoms with Gasteiger partial charge in [0.15, 0.2) is 0 Å². The molecule has 23 heavy (non-hydrogen) atoms. The Bertz CT molecular complexity index is 939. The lowest BCUT2D eigenvalue weighted by atomic mass is 10.0. The average molecular weight is 344 g/mol. The Morgan fingerprint density at radius 2 is 1.57 bits per heavy atom. The van der Waals surface area contributed by atoms with Crippen molar-refractivity contribution in [1.82, 2.24) is 0 Å². The summed E-state index contributed by atoms with van der Waals surface area (Å²) in [6, 6.07) is 14.2. The van der Waals surface area contributed by atoms with E-state index in [1.165, 1.54) is 0 Å². The van der Waals surface area contributed by atoms with Gasteiger partial charge < -0.3 is 0 Å². The Hall–Kier alpha value is -2.30. The van der Waals surface area contributed by atoms with E-state index >= 15 is 0 Å². The molecule has 0 aliphatic heterocycles. The maximum absolute atomic E-state index is 11.1. The maximum Gasteiger partial charge on any atom is 0.118 e. The van der Waals surface area contributed by atoms with Gasteiger partial charge in [-0.25, -0.2) is 0 Å². The van der Waals surface area contributed by atoms with Crippen molar-refractivity contribution in [3.63, 3.8) is 0 Å². The number of halogens is 2. The predicted octanol–water partition coefficient (Wildman–Crippen LogP) is 7.27. The van der Waals surface area contributed by atoms with Crippen LogP contribution in [-0.4, -0.2) is 0 Å². The highest BCUT2D eigenvalue weighted by atomic mass is 35.5. The average Bonchev–Trinajstić information content (AvgIpc) is 2.55. The molecule has 0 saturated carbocycles. The molecule has 0 bridgehead atoms. The second kappa shape index (κ2) is 6.44. The first-order valence-corrected chi connectivity index (χ1v) is 7.58. The molecule has 0 fully saturated rings. The summed E-state index contributed by atoms with van der Waals surface area (Å²) >= 11 is 12.0. The molecular weight excluding hydrogens is 333 g/mol. The van der Waals surface area contributed by atoms with E-state index in [0.29, 0.717) is 27.1 Å². The minimum atomic E-state index is 0.417. The van der Waals surface area contributed by atoms with Crippen molar-refractivity contribution in [1.29, 1.82) is 0 Å². The molecule has 0 aromatic heterocycles. The van der Waals surface area contributed by atoms with E-state index in [9.17, 15) is 4.91 Å². The van der Waals surface area contributed by atoms with E-state index in [4.69, 9.17) is 23.2 Å². The molecule has 3 aromatic carbocycles. The Morgan fingerprint density at radius 1 is 0.870 bits per heavy atom. The summed E-state index contributed by atoms with van der Waals surface area (Å²) in [5.41, 5.74) is 2.28. The summed E-state index contributed by atoms with van der Waals surface area (Å²) in [4.78, 5) is 11.1. The van der Waals surface area contributed by atoms with Crippen molar-refractivity contribution < 1.29 is 0 Å². The van der Waals surface area contributed by atoms with E-state index in [-0.39, 0.29) is 0 Å². The van der Waals surface area contributed by atoms with Gasteiger partial charge in [0.05, 0.1) is 10.7 Å². The number of azo groups is 1. The van der Waals surface area contributed by atoms with Gasteiger partial charge in [-0.2, -0.15) is 0 Å². The van der Waals surface area contributed by atoms with E-state index in [1.807, 2.05) is 31.2 Å². The second-order valence-corrected chi connectivity index (χ2v) is 5.84. The number of nitrogens with zero attached hydrogens (tertiary/aromatic N) is 3. The van der Waals surface area contributed by atoms with Gasteiger partial charge in [0.2, 0.25) is 0 Å². The molecule has 4 nitrogen and oxygen atoms in total. The van der Waals surface area contributed by atoms with Crippen LogP contribution in [0, 0.1) is 11.8 Å². The molecular formula is C17H11Cl2N3O. The number of rotatable bonds is 3. The van der Waals surface area contributed by atoms with Crippen molar-refractivity contribution in [2.24, 2.45) is 15.4 Å². The Kier molecular flexibility index (Phi) is 4.37. The molecule has 0 aliphatic carbocycles. The predicted molar refractivity (Wildman–Crippen MR) is 94.8 cm³/mol. The van der Waals surface area contributed by atoms with Gasteiger partial charge >= 0.3 is 0 Å². The van der Waals surface area contributed by atoms with Crippen LogP contribution >= 0.6 is 23.2 Å². The Morgan fingerprint density at radius 3 is 2.30 bits per heavy atom. The lowest BCUT2D eigenvalue weighted by Crippen LogP contribution is -1.80. The SMILES string of the molecule is Cc1cc(/N=N/c2cc(Cl)ccc2Cl)c2ccccc2c1N=O. The normalized spacial score (nSPS) is 11.3. The van der Waals surface area contributed by atoms with Gasteiger partial charge in [-0.05, 0) is 41.9 Å². The number of fused-ring (bicyclic) bond motifs is 1. The highest BCUT2D eigenvalue weighted by Gasteiger charge is 2.10. The molecule has 0 saturated heterocycles. The Labute approximate surface area is 142 Å². The van der Waals surface area contributed by atoms with E-state index in [2.05, 4.69) is 15.4 Å². The van der Waals surface area contributed by atoms with Crippen LogP contribution in [0.5, 0.6) is 0 Å². The summed E-state index contributed by atoms with van der Waals surface area (Å²) in [7, 11) is 0. The molecule has 6 heteroatoms. The molecule has 114 valence electrons. The van der Waals surface area contributed by atoms with Crippen LogP contribution in [0.15, 0.2) is 63.9 Å². The van der Waals surface area contributed by atoms with Crippen LogP contribution in [-0.2, 0) is 0 Å². The zero-order valence-corrected chi connectivity index (χ0v) is 13.6. The molecule has 0 spiro atoms. The van der Waals surface area contributed by atoms with Crippen LogP contribution in [0.1, 0.15) is 5.56 Å². The topological polar surface area (TPSA) is 54.1 Å². The van der Waals surface area contributed by atoms with E-state index < -0.39 is 0 Å². The standard InChI is InChI=1S/C17H11Cl2N3O/c1-10-8-15(12-4-2-3-5-13(12)17(10)22-23)20-21-16-9-11(18)6-7-14(16)19/h2-9H,1H3/b21-20+. The van der Waals surface area contributed by atoms with Gasteiger partial charge in [0.1, 0.15) is 11.4 Å². The lowest BCUT2D eigenvalue weighted by molar-refractivity contribution is 1.23. The molecule has 0 radical (unpaired) electrons. The first kappa shape index (κ1) is 15.6. The number of nitroso groups, excluding NO2 is 1. The number of benzene rings is 3. The van der Waals surface area contributed by atoms with Crippen molar-refractivity contribution in [3.05, 3.63) is 69.0 Å². The first-order valence-electron chi connectivity index (χ1n) is 6.82. The van der Waals surface area contributed by atoms with E-state index in [1.54, 1.807) is 24.3 Å². The van der Waals surface area contributed by atoms with Crippen LogP contribution in [0.2, 0.25) is 10.0 Å². The lowest BCUT2D eigenvalue weighted by Gasteiger charge is -2.06. The smallest absolute Gasteiger partial charge is 0.118 e. The summed E-state index contributed by atoms with van der Waals surface area (Å²) in [6.45, 7) is 1.81. The molecule has 0 heterocycles. The molecule has 3 rings (SSSR count). The fraction of sp³-hybridized carbons (Fsp3) is 0.0588. The van der Waals surface area contributed by atoms with Crippen LogP contribution in [0.25, 0.3) is 10.8 Å². The van der Waals surface area contributed by atoms with Gasteiger partial charge in [0, 0.05) is 15.8 Å². The Balaban J connectivity index is 2.15. The minimum absolute atomic E-state index is 0.417. The van der Waals surface area contributed by atoms with Gasteiger partial charge in [-0.1, -0.05) is 47.5 Å². The van der Waals surface area contributed by atoms with Gasteiger partial charge in [-0.3, -0.25) is 0 Å². The van der Waals surface area contributed by atoms with Crippen molar-refractivity contribution in [3.8, 4) is 0 Å². The van der Waals surface area contributed by atoms with Crippen molar-refractivity contribution >= 4 is 51.0 Å². The molecule has 0 amide bonds. The zero-order chi connectivity index (χ0) is 16.4. The van der Waals surface area contributed by atoms with Crippen LogP contribution in [0.3, 0.4) is 0 Å². The summed E-state index contributed by atoms with van der Waals surface area (Å²) in [5.74, 6) is 0. The largest absolute Gasteiger partial charge is 0.150 e. The highest BCUT2D eigenvalue weighted by molar-refractivity contribution is 6.35. The van der Waals surface area contributed by atoms with Crippen LogP contribution < -0.4 is 0 Å². The fourth-order valence-electron chi connectivity index (χ4n) is 2.35. The molecule has 0 aliphatic rings. The molecule has 3 aromatic rings. The zero-order valence-electron chi connectivity index (χ0n) is 12.1. The van der Waals surface area contributed by atoms with Crippen molar-refractivity contribution in [2.45, 2.75) is 6.92 Å². The van der Waals surface area contributed by atoms with Crippen molar-refractivity contribution in [2.75, 3.05) is 0 Å². The quantitative estimate of drug-likeness (QED) is 0.364. The van der Waals surface area contributed by atoms with Gasteiger partial charge in [0.25, 0.3) is 0 Å². The first-order chi connectivity index (χ1) is 11.1. The monoisotopic (exact) mass is 343 g/mol. The van der Waals surface area contributed by atoms with Crippen LogP contribution in [0.4, 0.5) is 17.1 Å². The molecule has 0 unspecified atom stereocenters. The van der Waals surface area contributed by atoms with Gasteiger partial charge in [-0.15, -0.1) is 15.1 Å². The van der Waals surface area contributed by atoms with E-state index in [0.717, 1.165) is 16.3 Å². The third-order valence-electron chi connectivity index (χ3n) is 3.45. The molecule has 0 atom stereocenters. The third-order valence-corrected chi connectivity index (χ3v) is 4.00. The fourth-order valence-corrected chi connectivity index (χ4v) is 2.67. The summed E-state index contributed by atoms with van der Waals surface area (Å²) < 4.78 is 0. The number of aryl methyl sites for hydroxylation is 1. The number of hydrogen-bond acceptors (Lipinski definition) is 4. The summed E-state index contributed by atoms with van der Waals surface area (Å²) in [5, 5.41) is 14.1. The number of hydrogen-bond donors (Lipinski definition) is 0. The summed E-state index contributed by atoms with van der Waals surface area (Å²) in [6.07, 6.45) is 0. The highest BCUT2D eigenvalue weighted by Crippen LogP contribution is 2.38. The second-order valence-electron chi connectivity index (χ2n) is 4.99. The maximum atomic E-state index is 11.1. The third kappa shape index (κ3) is 3.09. The molecule has 0 N–H and O–H groups in total. The minimum Gasteiger partial charge on any atom is -0.150 e.